The summed E-state index contributed by atoms with van der Waals surface area (Å²) in [5.41, 5.74) is 6.91. The summed E-state index contributed by atoms with van der Waals surface area (Å²) in [4.78, 5) is 10.9. The van der Waals surface area contributed by atoms with Crippen LogP contribution in [-0.4, -0.2) is 29.1 Å². The minimum Gasteiger partial charge on any atom is -0.393 e. The van der Waals surface area contributed by atoms with E-state index in [1.54, 1.807) is 6.33 Å². The Labute approximate surface area is 115 Å². The van der Waals surface area contributed by atoms with Gasteiger partial charge in [0.25, 0.3) is 0 Å². The molecule has 1 aliphatic rings. The number of hydrogen-bond acceptors (Lipinski definition) is 5. The average molecular weight is 263 g/mol. The third-order valence-electron chi connectivity index (χ3n) is 3.81. The first kappa shape index (κ1) is 13.9. The first-order valence-corrected chi connectivity index (χ1v) is 7.23. The van der Waals surface area contributed by atoms with Gasteiger partial charge in [-0.05, 0) is 32.1 Å². The molecule has 2 atom stereocenters. The zero-order chi connectivity index (χ0) is 13.8. The third-order valence-corrected chi connectivity index (χ3v) is 3.81. The number of hydrogen-bond donors (Lipinski definition) is 2. The monoisotopic (exact) mass is 263 g/mol. The van der Waals surface area contributed by atoms with Crippen molar-refractivity contribution in [2.75, 3.05) is 29.0 Å². The Hall–Kier alpha value is -1.52. The van der Waals surface area contributed by atoms with Gasteiger partial charge in [0.1, 0.15) is 12.0 Å². The molecule has 0 bridgehead atoms. The van der Waals surface area contributed by atoms with Gasteiger partial charge in [-0.15, -0.1) is 0 Å². The Morgan fingerprint density at radius 2 is 2.32 bits per heavy atom. The second-order valence-electron chi connectivity index (χ2n) is 5.61. The first-order chi connectivity index (χ1) is 9.11. The van der Waals surface area contributed by atoms with E-state index in [1.165, 1.54) is 12.8 Å². The smallest absolute Gasteiger partial charge is 0.157 e. The molecular weight excluding hydrogens is 238 g/mol. The van der Waals surface area contributed by atoms with E-state index in [0.717, 1.165) is 31.1 Å². The molecule has 0 amide bonds. The van der Waals surface area contributed by atoms with Crippen molar-refractivity contribution in [1.82, 2.24) is 9.97 Å². The molecule has 1 aromatic rings. The number of nitrogens with one attached hydrogen (secondary N) is 1. The SMILES string of the molecule is CCC(C)Nc1ncnc(N2CCCC(C)C2)c1N. The summed E-state index contributed by atoms with van der Waals surface area (Å²) in [6.07, 6.45) is 5.15. The Morgan fingerprint density at radius 1 is 1.53 bits per heavy atom. The van der Waals surface area contributed by atoms with E-state index in [9.17, 15) is 0 Å². The van der Waals surface area contributed by atoms with Gasteiger partial charge < -0.3 is 16.0 Å². The summed E-state index contributed by atoms with van der Waals surface area (Å²) in [6.45, 7) is 8.62. The molecule has 1 fully saturated rings. The predicted molar refractivity (Wildman–Crippen MR) is 80.4 cm³/mol. The maximum absolute atomic E-state index is 6.23. The largest absolute Gasteiger partial charge is 0.393 e. The lowest BCUT2D eigenvalue weighted by molar-refractivity contribution is 0.445. The summed E-state index contributed by atoms with van der Waals surface area (Å²) in [5.74, 6) is 2.35. The van der Waals surface area contributed by atoms with Gasteiger partial charge in [0.15, 0.2) is 11.6 Å². The minimum absolute atomic E-state index is 0.366. The molecule has 0 radical (unpaired) electrons. The number of rotatable bonds is 4. The topological polar surface area (TPSA) is 67.1 Å². The molecule has 19 heavy (non-hydrogen) atoms. The van der Waals surface area contributed by atoms with Crippen molar-refractivity contribution in [1.29, 1.82) is 0 Å². The summed E-state index contributed by atoms with van der Waals surface area (Å²) in [7, 11) is 0. The van der Waals surface area contributed by atoms with Crippen LogP contribution in [0.3, 0.4) is 0 Å². The van der Waals surface area contributed by atoms with Crippen molar-refractivity contribution in [3.8, 4) is 0 Å². The van der Waals surface area contributed by atoms with Crippen LogP contribution in [-0.2, 0) is 0 Å². The Morgan fingerprint density at radius 3 is 3.00 bits per heavy atom. The maximum atomic E-state index is 6.23. The van der Waals surface area contributed by atoms with Crippen LogP contribution in [0.25, 0.3) is 0 Å². The molecule has 0 saturated carbocycles. The number of nitrogen functional groups attached to an aromatic ring is 1. The third kappa shape index (κ3) is 3.28. The van der Waals surface area contributed by atoms with E-state index in [0.29, 0.717) is 17.6 Å². The quantitative estimate of drug-likeness (QED) is 0.873. The Kier molecular flexibility index (Phi) is 4.45. The highest BCUT2D eigenvalue weighted by Crippen LogP contribution is 2.29. The van der Waals surface area contributed by atoms with Crippen LogP contribution in [0.4, 0.5) is 17.3 Å². The fourth-order valence-corrected chi connectivity index (χ4v) is 2.47. The van der Waals surface area contributed by atoms with Gasteiger partial charge in [-0.25, -0.2) is 9.97 Å². The molecule has 2 rings (SSSR count). The second-order valence-corrected chi connectivity index (χ2v) is 5.61. The molecule has 1 aliphatic heterocycles. The van der Waals surface area contributed by atoms with E-state index < -0.39 is 0 Å². The van der Waals surface area contributed by atoms with Crippen molar-refractivity contribution in [3.05, 3.63) is 6.33 Å². The summed E-state index contributed by atoms with van der Waals surface area (Å²) < 4.78 is 0. The number of aromatic nitrogens is 2. The predicted octanol–water partition coefficient (Wildman–Crippen LogP) is 2.51. The normalized spacial score (nSPS) is 21.2. The number of anilines is 3. The van der Waals surface area contributed by atoms with Crippen LogP contribution in [0, 0.1) is 5.92 Å². The van der Waals surface area contributed by atoms with Gasteiger partial charge in [0.05, 0.1) is 0 Å². The molecule has 1 saturated heterocycles. The van der Waals surface area contributed by atoms with E-state index in [1.807, 2.05) is 0 Å². The van der Waals surface area contributed by atoms with Crippen molar-refractivity contribution in [2.24, 2.45) is 5.92 Å². The lowest BCUT2D eigenvalue weighted by Crippen LogP contribution is -2.35. The van der Waals surface area contributed by atoms with Crippen molar-refractivity contribution >= 4 is 17.3 Å². The molecule has 2 heterocycles. The van der Waals surface area contributed by atoms with E-state index in [4.69, 9.17) is 5.73 Å². The lowest BCUT2D eigenvalue weighted by Gasteiger charge is -2.32. The van der Waals surface area contributed by atoms with Crippen LogP contribution in [0.15, 0.2) is 6.33 Å². The van der Waals surface area contributed by atoms with E-state index in [-0.39, 0.29) is 0 Å². The molecule has 106 valence electrons. The summed E-state index contributed by atoms with van der Waals surface area (Å²) >= 11 is 0. The molecule has 0 aliphatic carbocycles. The molecule has 0 spiro atoms. The molecule has 1 aromatic heterocycles. The van der Waals surface area contributed by atoms with Gasteiger partial charge in [-0.3, -0.25) is 0 Å². The van der Waals surface area contributed by atoms with Crippen LogP contribution in [0.1, 0.15) is 40.0 Å². The minimum atomic E-state index is 0.366. The van der Waals surface area contributed by atoms with Gasteiger partial charge in [-0.1, -0.05) is 13.8 Å². The van der Waals surface area contributed by atoms with Crippen LogP contribution < -0.4 is 16.0 Å². The van der Waals surface area contributed by atoms with Crippen LogP contribution in [0.5, 0.6) is 0 Å². The van der Waals surface area contributed by atoms with E-state index >= 15 is 0 Å². The molecule has 5 heteroatoms. The van der Waals surface area contributed by atoms with Crippen LogP contribution in [0.2, 0.25) is 0 Å². The highest BCUT2D eigenvalue weighted by molar-refractivity contribution is 5.75. The van der Waals surface area contributed by atoms with Gasteiger partial charge in [-0.2, -0.15) is 0 Å². The summed E-state index contributed by atoms with van der Waals surface area (Å²) in [5, 5.41) is 3.35. The molecule has 3 N–H and O–H groups in total. The Bertz CT molecular complexity index is 420. The average Bonchev–Trinajstić information content (AvgIpc) is 2.41. The zero-order valence-electron chi connectivity index (χ0n) is 12.2. The number of nitrogens with zero attached hydrogens (tertiary/aromatic N) is 3. The fraction of sp³-hybridized carbons (Fsp3) is 0.714. The zero-order valence-corrected chi connectivity index (χ0v) is 12.2. The highest BCUT2D eigenvalue weighted by Gasteiger charge is 2.21. The lowest BCUT2D eigenvalue weighted by atomic mass is 10.0. The van der Waals surface area contributed by atoms with E-state index in [2.05, 4.69) is 41.0 Å². The van der Waals surface area contributed by atoms with Crippen molar-refractivity contribution in [3.63, 3.8) is 0 Å². The summed E-state index contributed by atoms with van der Waals surface area (Å²) in [6, 6.07) is 0.366. The van der Waals surface area contributed by atoms with Gasteiger partial charge in [0.2, 0.25) is 0 Å². The molecule has 5 nitrogen and oxygen atoms in total. The van der Waals surface area contributed by atoms with Gasteiger partial charge >= 0.3 is 0 Å². The van der Waals surface area contributed by atoms with Gasteiger partial charge in [0, 0.05) is 19.1 Å². The Balaban J connectivity index is 2.19. The standard InChI is InChI=1S/C14H25N5/c1-4-11(3)18-13-12(15)14(17-9-16-13)19-7-5-6-10(2)8-19/h9-11H,4-8,15H2,1-3H3,(H,16,17,18). The fourth-order valence-electron chi connectivity index (χ4n) is 2.47. The van der Waals surface area contributed by atoms with Crippen molar-refractivity contribution < 1.29 is 0 Å². The molecular formula is C14H25N5. The first-order valence-electron chi connectivity index (χ1n) is 7.23. The van der Waals surface area contributed by atoms with Crippen LogP contribution >= 0.6 is 0 Å². The highest BCUT2D eigenvalue weighted by atomic mass is 15.2. The number of nitrogens with two attached hydrogens (primary N) is 1. The maximum Gasteiger partial charge on any atom is 0.157 e. The molecule has 0 aromatic carbocycles. The number of piperidine rings is 1. The van der Waals surface area contributed by atoms with Crippen molar-refractivity contribution in [2.45, 2.75) is 46.1 Å². The second kappa shape index (κ2) is 6.08. The molecule has 2 unspecified atom stereocenters.